The average molecular weight is 348 g/mol. The molecule has 5 rings (SSSR count). The fraction of sp³-hybridized carbons (Fsp3) is 0.500. The van der Waals surface area contributed by atoms with Crippen molar-refractivity contribution in [2.45, 2.75) is 75.5 Å². The lowest BCUT2D eigenvalue weighted by Gasteiger charge is -2.45. The van der Waals surface area contributed by atoms with Crippen molar-refractivity contribution >= 4 is 0 Å². The predicted octanol–water partition coefficient (Wildman–Crippen LogP) is 6.32. The van der Waals surface area contributed by atoms with Crippen LogP contribution in [0.15, 0.2) is 54.6 Å². The molecule has 3 aliphatic rings. The molecule has 2 heteroatoms. The lowest BCUT2D eigenvalue weighted by atomic mass is 9.75. The number of hydrogen-bond acceptors (Lipinski definition) is 2. The standard InChI is InChI=1S/C24H29NO/c1-18-17-24(14-8-3-9-15-24)25-22(21-13-7-6-12-20(18)21)16-23(26-25)19-10-4-2-5-11-19/h2,4-7,10-13,18,22-23H,3,8-9,14-17H2,1H3/t18-,22-,23-/m1/s1. The van der Waals surface area contributed by atoms with E-state index in [9.17, 15) is 0 Å². The molecule has 2 aromatic rings. The van der Waals surface area contributed by atoms with Gasteiger partial charge in [-0.3, -0.25) is 4.84 Å². The number of benzene rings is 2. The number of hydrogen-bond donors (Lipinski definition) is 0. The van der Waals surface area contributed by atoms with E-state index in [4.69, 9.17) is 4.84 Å². The molecule has 3 atom stereocenters. The third-order valence-corrected chi connectivity index (χ3v) is 6.96. The summed E-state index contributed by atoms with van der Waals surface area (Å²) in [6, 6.07) is 20.3. The zero-order valence-electron chi connectivity index (χ0n) is 15.7. The first-order valence-corrected chi connectivity index (χ1v) is 10.4. The van der Waals surface area contributed by atoms with Crippen LogP contribution in [0.4, 0.5) is 0 Å². The quantitative estimate of drug-likeness (QED) is 0.599. The maximum absolute atomic E-state index is 6.76. The molecule has 0 aromatic heterocycles. The second kappa shape index (κ2) is 6.51. The Labute approximate surface area is 157 Å². The largest absolute Gasteiger partial charge is 0.290 e. The maximum Gasteiger partial charge on any atom is 0.106 e. The lowest BCUT2D eigenvalue weighted by Crippen LogP contribution is -2.48. The summed E-state index contributed by atoms with van der Waals surface area (Å²) in [5.74, 6) is 0.605. The summed E-state index contributed by atoms with van der Waals surface area (Å²) >= 11 is 0. The molecule has 2 aliphatic heterocycles. The molecule has 1 aliphatic carbocycles. The molecule has 2 heterocycles. The van der Waals surface area contributed by atoms with Crippen LogP contribution in [0.2, 0.25) is 0 Å². The molecule has 2 fully saturated rings. The highest BCUT2D eigenvalue weighted by molar-refractivity contribution is 5.36. The molecular formula is C24H29NO. The van der Waals surface area contributed by atoms with Gasteiger partial charge < -0.3 is 0 Å². The summed E-state index contributed by atoms with van der Waals surface area (Å²) < 4.78 is 0. The van der Waals surface area contributed by atoms with Crippen LogP contribution in [0.1, 0.15) is 86.6 Å². The zero-order valence-corrected chi connectivity index (χ0v) is 15.7. The topological polar surface area (TPSA) is 12.5 Å². The Bertz CT molecular complexity index is 765. The molecule has 0 bridgehead atoms. The van der Waals surface area contributed by atoms with Crippen LogP contribution in [-0.2, 0) is 4.84 Å². The maximum atomic E-state index is 6.76. The molecule has 2 aromatic carbocycles. The average Bonchev–Trinajstić information content (AvgIpc) is 3.12. The van der Waals surface area contributed by atoms with Crippen molar-refractivity contribution < 1.29 is 4.84 Å². The van der Waals surface area contributed by atoms with Crippen molar-refractivity contribution in [1.29, 1.82) is 0 Å². The Morgan fingerprint density at radius 3 is 2.35 bits per heavy atom. The van der Waals surface area contributed by atoms with Crippen molar-refractivity contribution in [2.24, 2.45) is 0 Å². The molecule has 0 radical (unpaired) electrons. The van der Waals surface area contributed by atoms with E-state index in [1.54, 1.807) is 5.56 Å². The highest BCUT2D eigenvalue weighted by Crippen LogP contribution is 2.55. The molecule has 1 saturated carbocycles. The highest BCUT2D eigenvalue weighted by atomic mass is 16.7. The van der Waals surface area contributed by atoms with E-state index in [1.165, 1.54) is 49.7 Å². The number of nitrogens with zero attached hydrogens (tertiary/aromatic N) is 1. The van der Waals surface area contributed by atoms with Gasteiger partial charge in [-0.1, -0.05) is 80.8 Å². The number of fused-ring (bicyclic) bond motifs is 4. The fourth-order valence-corrected chi connectivity index (χ4v) is 5.78. The minimum absolute atomic E-state index is 0.182. The summed E-state index contributed by atoms with van der Waals surface area (Å²) in [6.07, 6.45) is 9.09. The number of hydroxylamine groups is 2. The van der Waals surface area contributed by atoms with Gasteiger partial charge in [-0.25, -0.2) is 0 Å². The highest BCUT2D eigenvalue weighted by Gasteiger charge is 2.51. The van der Waals surface area contributed by atoms with Crippen molar-refractivity contribution in [2.75, 3.05) is 0 Å². The minimum atomic E-state index is 0.182. The minimum Gasteiger partial charge on any atom is -0.290 e. The molecule has 0 unspecified atom stereocenters. The van der Waals surface area contributed by atoms with Crippen LogP contribution < -0.4 is 0 Å². The third-order valence-electron chi connectivity index (χ3n) is 6.96. The molecule has 1 spiro atoms. The van der Waals surface area contributed by atoms with Crippen LogP contribution in [0.5, 0.6) is 0 Å². The van der Waals surface area contributed by atoms with E-state index in [2.05, 4.69) is 66.6 Å². The summed E-state index contributed by atoms with van der Waals surface area (Å²) in [7, 11) is 0. The third kappa shape index (κ3) is 2.62. The van der Waals surface area contributed by atoms with Crippen LogP contribution in [0.3, 0.4) is 0 Å². The Morgan fingerprint density at radius 2 is 1.58 bits per heavy atom. The van der Waals surface area contributed by atoms with Gasteiger partial charge >= 0.3 is 0 Å². The van der Waals surface area contributed by atoms with E-state index in [1.807, 2.05) is 0 Å². The first-order chi connectivity index (χ1) is 12.8. The Morgan fingerprint density at radius 1 is 0.885 bits per heavy atom. The van der Waals surface area contributed by atoms with Crippen LogP contribution >= 0.6 is 0 Å². The van der Waals surface area contributed by atoms with Gasteiger partial charge in [-0.05, 0) is 41.9 Å². The summed E-state index contributed by atoms with van der Waals surface area (Å²) in [4.78, 5) is 6.76. The molecular weight excluding hydrogens is 318 g/mol. The van der Waals surface area contributed by atoms with E-state index < -0.39 is 0 Å². The second-order valence-corrected chi connectivity index (χ2v) is 8.60. The van der Waals surface area contributed by atoms with Gasteiger partial charge in [0.2, 0.25) is 0 Å². The molecule has 2 nitrogen and oxygen atoms in total. The van der Waals surface area contributed by atoms with Gasteiger partial charge in [0, 0.05) is 12.0 Å². The smallest absolute Gasteiger partial charge is 0.106 e. The summed E-state index contributed by atoms with van der Waals surface area (Å²) in [5.41, 5.74) is 4.57. The van der Waals surface area contributed by atoms with E-state index in [0.717, 1.165) is 6.42 Å². The van der Waals surface area contributed by atoms with Gasteiger partial charge in [0.25, 0.3) is 0 Å². The van der Waals surface area contributed by atoms with Gasteiger partial charge in [0.05, 0.1) is 6.04 Å². The van der Waals surface area contributed by atoms with E-state index in [0.29, 0.717) is 12.0 Å². The van der Waals surface area contributed by atoms with Gasteiger partial charge in [0.1, 0.15) is 6.10 Å². The number of rotatable bonds is 1. The van der Waals surface area contributed by atoms with E-state index >= 15 is 0 Å². The molecule has 0 N–H and O–H groups in total. The normalized spacial score (nSPS) is 30.6. The summed E-state index contributed by atoms with van der Waals surface area (Å²) in [6.45, 7) is 2.42. The molecule has 136 valence electrons. The molecule has 26 heavy (non-hydrogen) atoms. The second-order valence-electron chi connectivity index (χ2n) is 8.60. The van der Waals surface area contributed by atoms with Gasteiger partial charge in [0.15, 0.2) is 0 Å². The first-order valence-electron chi connectivity index (χ1n) is 10.4. The van der Waals surface area contributed by atoms with Gasteiger partial charge in [-0.15, -0.1) is 0 Å². The lowest BCUT2D eigenvalue weighted by molar-refractivity contribution is -0.238. The van der Waals surface area contributed by atoms with Crippen LogP contribution in [0.25, 0.3) is 0 Å². The van der Waals surface area contributed by atoms with E-state index in [-0.39, 0.29) is 11.6 Å². The molecule has 1 saturated heterocycles. The van der Waals surface area contributed by atoms with Crippen molar-refractivity contribution in [1.82, 2.24) is 5.06 Å². The Hall–Kier alpha value is -1.64. The monoisotopic (exact) mass is 347 g/mol. The van der Waals surface area contributed by atoms with Crippen molar-refractivity contribution in [3.05, 3.63) is 71.3 Å². The SMILES string of the molecule is C[C@@H]1CC2(CCCCC2)N2O[C@@H](c3ccccc3)C[C@@H]2c2ccccc21. The summed E-state index contributed by atoms with van der Waals surface area (Å²) in [5, 5.41) is 2.48. The Kier molecular flexibility index (Phi) is 4.14. The first kappa shape index (κ1) is 16.5. The molecule has 0 amide bonds. The van der Waals surface area contributed by atoms with Gasteiger partial charge in [-0.2, -0.15) is 5.06 Å². The predicted molar refractivity (Wildman–Crippen MR) is 105 cm³/mol. The van der Waals surface area contributed by atoms with Crippen molar-refractivity contribution in [3.8, 4) is 0 Å². The fourth-order valence-electron chi connectivity index (χ4n) is 5.78. The van der Waals surface area contributed by atoms with Crippen LogP contribution in [-0.4, -0.2) is 10.6 Å². The zero-order chi connectivity index (χ0) is 17.6. The van der Waals surface area contributed by atoms with Crippen LogP contribution in [0, 0.1) is 0 Å². The van der Waals surface area contributed by atoms with Crippen molar-refractivity contribution in [3.63, 3.8) is 0 Å². The Balaban J connectivity index is 1.59.